The molecule has 1 aromatic carbocycles. The van der Waals surface area contributed by atoms with Gasteiger partial charge in [-0.25, -0.2) is 0 Å². The van der Waals surface area contributed by atoms with Crippen LogP contribution in [0.2, 0.25) is 0 Å². The first-order valence-electron chi connectivity index (χ1n) is 8.51. The van der Waals surface area contributed by atoms with E-state index < -0.39 is 0 Å². The van der Waals surface area contributed by atoms with Gasteiger partial charge in [0.25, 0.3) is 0 Å². The molecule has 1 amide bonds. The van der Waals surface area contributed by atoms with E-state index in [4.69, 9.17) is 4.74 Å². The number of methoxy groups -OCH3 is 1. The second kappa shape index (κ2) is 7.32. The fourth-order valence-electron chi connectivity index (χ4n) is 3.77. The summed E-state index contributed by atoms with van der Waals surface area (Å²) in [4.78, 5) is 16.8. The van der Waals surface area contributed by atoms with Gasteiger partial charge in [0.15, 0.2) is 0 Å². The van der Waals surface area contributed by atoms with Crippen molar-refractivity contribution in [2.45, 2.75) is 37.8 Å². The van der Waals surface area contributed by atoms with Crippen molar-refractivity contribution in [1.82, 2.24) is 9.80 Å². The van der Waals surface area contributed by atoms with Gasteiger partial charge in [0.05, 0.1) is 19.6 Å². The van der Waals surface area contributed by atoms with E-state index in [0.29, 0.717) is 12.5 Å². The van der Waals surface area contributed by atoms with E-state index in [1.54, 1.807) is 7.11 Å². The van der Waals surface area contributed by atoms with E-state index >= 15 is 0 Å². The maximum absolute atomic E-state index is 12.5. The van der Waals surface area contributed by atoms with Crippen LogP contribution < -0.4 is 4.74 Å². The van der Waals surface area contributed by atoms with Gasteiger partial charge in [-0.1, -0.05) is 18.2 Å². The lowest BCUT2D eigenvalue weighted by molar-refractivity contribution is -0.132. The van der Waals surface area contributed by atoms with Crippen LogP contribution in [0.1, 0.15) is 24.8 Å². The Bertz CT molecular complexity index is 541. The highest BCUT2D eigenvalue weighted by Crippen LogP contribution is 2.25. The Kier molecular flexibility index (Phi) is 5.18. The first kappa shape index (κ1) is 16.3. The molecule has 5 nitrogen and oxygen atoms in total. The van der Waals surface area contributed by atoms with Crippen molar-refractivity contribution in [3.05, 3.63) is 29.8 Å². The number of aliphatic hydroxyl groups is 1. The average molecular weight is 318 g/mol. The number of amides is 1. The predicted octanol–water partition coefficient (Wildman–Crippen LogP) is 1.30. The molecule has 0 spiro atoms. The molecule has 0 unspecified atom stereocenters. The number of ether oxygens (including phenoxy) is 1. The zero-order valence-corrected chi connectivity index (χ0v) is 13.8. The second-order valence-corrected chi connectivity index (χ2v) is 6.47. The fourth-order valence-corrected chi connectivity index (χ4v) is 3.77. The lowest BCUT2D eigenvalue weighted by Gasteiger charge is -2.39. The Morgan fingerprint density at radius 3 is 2.61 bits per heavy atom. The first-order chi connectivity index (χ1) is 11.2. The van der Waals surface area contributed by atoms with Gasteiger partial charge < -0.3 is 14.7 Å². The third-order valence-corrected chi connectivity index (χ3v) is 5.11. The van der Waals surface area contributed by atoms with Crippen molar-refractivity contribution in [3.63, 3.8) is 0 Å². The molecule has 1 aromatic rings. The van der Waals surface area contributed by atoms with Crippen LogP contribution in [0.4, 0.5) is 0 Å². The maximum atomic E-state index is 12.5. The highest BCUT2D eigenvalue weighted by molar-refractivity contribution is 5.79. The summed E-state index contributed by atoms with van der Waals surface area (Å²) in [7, 11) is 1.63. The van der Waals surface area contributed by atoms with Crippen molar-refractivity contribution in [2.24, 2.45) is 0 Å². The molecule has 1 aliphatic carbocycles. The minimum atomic E-state index is -0.189. The number of benzene rings is 1. The topological polar surface area (TPSA) is 53.0 Å². The summed E-state index contributed by atoms with van der Waals surface area (Å²) in [6, 6.07) is 7.98. The van der Waals surface area contributed by atoms with Gasteiger partial charge >= 0.3 is 0 Å². The van der Waals surface area contributed by atoms with Crippen LogP contribution in [-0.2, 0) is 11.2 Å². The van der Waals surface area contributed by atoms with Crippen molar-refractivity contribution in [2.75, 3.05) is 33.3 Å². The minimum Gasteiger partial charge on any atom is -0.496 e. The molecule has 0 aromatic heterocycles. The SMILES string of the molecule is COc1ccccc1CC(=O)N1CCN([C@H]2CCC[C@@H]2O)CC1. The van der Waals surface area contributed by atoms with Crippen molar-refractivity contribution >= 4 is 5.91 Å². The van der Waals surface area contributed by atoms with E-state index in [9.17, 15) is 9.90 Å². The fraction of sp³-hybridized carbons (Fsp3) is 0.611. The lowest BCUT2D eigenvalue weighted by atomic mass is 10.1. The normalized spacial score (nSPS) is 25.6. The summed E-state index contributed by atoms with van der Waals surface area (Å²) in [5.41, 5.74) is 0.939. The molecule has 1 heterocycles. The highest BCUT2D eigenvalue weighted by Gasteiger charge is 2.33. The number of carbonyl (C=O) groups excluding carboxylic acids is 1. The molecule has 5 heteroatoms. The van der Waals surface area contributed by atoms with Gasteiger partial charge in [0.1, 0.15) is 5.75 Å². The number of rotatable bonds is 4. The van der Waals surface area contributed by atoms with E-state index in [0.717, 1.165) is 56.8 Å². The Balaban J connectivity index is 1.54. The van der Waals surface area contributed by atoms with Crippen LogP contribution in [-0.4, -0.2) is 66.2 Å². The van der Waals surface area contributed by atoms with Gasteiger partial charge in [-0.2, -0.15) is 0 Å². The molecule has 3 rings (SSSR count). The molecule has 1 aliphatic heterocycles. The molecule has 1 N–H and O–H groups in total. The van der Waals surface area contributed by atoms with Crippen LogP contribution in [0.25, 0.3) is 0 Å². The van der Waals surface area contributed by atoms with Crippen LogP contribution in [0.3, 0.4) is 0 Å². The summed E-state index contributed by atoms with van der Waals surface area (Å²) < 4.78 is 5.32. The molecule has 126 valence electrons. The monoisotopic (exact) mass is 318 g/mol. The maximum Gasteiger partial charge on any atom is 0.227 e. The average Bonchev–Trinajstić information content (AvgIpc) is 3.01. The second-order valence-electron chi connectivity index (χ2n) is 6.47. The molecule has 2 atom stereocenters. The summed E-state index contributed by atoms with van der Waals surface area (Å²) >= 11 is 0. The van der Waals surface area contributed by atoms with E-state index in [-0.39, 0.29) is 12.0 Å². The Morgan fingerprint density at radius 1 is 1.22 bits per heavy atom. The molecular weight excluding hydrogens is 292 g/mol. The number of hydrogen-bond donors (Lipinski definition) is 1. The molecule has 1 saturated heterocycles. The smallest absolute Gasteiger partial charge is 0.227 e. The van der Waals surface area contributed by atoms with E-state index in [1.807, 2.05) is 29.2 Å². The zero-order valence-electron chi connectivity index (χ0n) is 13.8. The number of para-hydroxylation sites is 1. The van der Waals surface area contributed by atoms with Crippen LogP contribution >= 0.6 is 0 Å². The summed E-state index contributed by atoms with van der Waals surface area (Å²) in [5.74, 6) is 0.926. The largest absolute Gasteiger partial charge is 0.496 e. The standard InChI is InChI=1S/C18H26N2O3/c1-23-17-8-3-2-5-14(17)13-18(22)20-11-9-19(10-12-20)15-6-4-7-16(15)21/h2-3,5,8,15-16,21H,4,6-7,9-13H2,1H3/t15-,16-/m0/s1. The Hall–Kier alpha value is -1.59. The number of hydrogen-bond acceptors (Lipinski definition) is 4. The summed E-state index contributed by atoms with van der Waals surface area (Å²) in [6.07, 6.45) is 3.30. The van der Waals surface area contributed by atoms with Gasteiger partial charge in [-0.15, -0.1) is 0 Å². The lowest BCUT2D eigenvalue weighted by Crippen LogP contribution is -2.53. The first-order valence-corrected chi connectivity index (χ1v) is 8.51. The van der Waals surface area contributed by atoms with Crippen LogP contribution in [0.15, 0.2) is 24.3 Å². The predicted molar refractivity (Wildman–Crippen MR) is 88.5 cm³/mol. The molecule has 0 bridgehead atoms. The zero-order chi connectivity index (χ0) is 16.2. The van der Waals surface area contributed by atoms with Crippen LogP contribution in [0.5, 0.6) is 5.75 Å². The number of aliphatic hydroxyl groups excluding tert-OH is 1. The van der Waals surface area contributed by atoms with E-state index in [2.05, 4.69) is 4.90 Å². The molecular formula is C18H26N2O3. The summed E-state index contributed by atoms with van der Waals surface area (Å²) in [6.45, 7) is 3.22. The number of piperazine rings is 1. The van der Waals surface area contributed by atoms with Crippen molar-refractivity contribution < 1.29 is 14.6 Å². The highest BCUT2D eigenvalue weighted by atomic mass is 16.5. The third kappa shape index (κ3) is 3.67. The van der Waals surface area contributed by atoms with Crippen molar-refractivity contribution in [3.8, 4) is 5.75 Å². The van der Waals surface area contributed by atoms with Gasteiger partial charge in [0, 0.05) is 37.8 Å². The van der Waals surface area contributed by atoms with Gasteiger partial charge in [-0.05, 0) is 25.3 Å². The molecule has 2 aliphatic rings. The Labute approximate surface area is 137 Å². The van der Waals surface area contributed by atoms with Gasteiger partial charge in [-0.3, -0.25) is 9.69 Å². The number of nitrogens with zero attached hydrogens (tertiary/aromatic N) is 2. The molecule has 1 saturated carbocycles. The minimum absolute atomic E-state index is 0.154. The summed E-state index contributed by atoms with van der Waals surface area (Å²) in [5, 5.41) is 10.0. The van der Waals surface area contributed by atoms with Gasteiger partial charge in [0.2, 0.25) is 5.91 Å². The molecule has 0 radical (unpaired) electrons. The molecule has 23 heavy (non-hydrogen) atoms. The number of carbonyl (C=O) groups is 1. The molecule has 2 fully saturated rings. The van der Waals surface area contributed by atoms with Crippen molar-refractivity contribution in [1.29, 1.82) is 0 Å². The third-order valence-electron chi connectivity index (χ3n) is 5.11. The van der Waals surface area contributed by atoms with Crippen LogP contribution in [0, 0.1) is 0 Å². The van der Waals surface area contributed by atoms with E-state index in [1.165, 1.54) is 0 Å². The Morgan fingerprint density at radius 2 is 1.96 bits per heavy atom. The quantitative estimate of drug-likeness (QED) is 0.909.